The lowest BCUT2D eigenvalue weighted by atomic mass is 9.96. The van der Waals surface area contributed by atoms with Crippen LogP contribution in [0.3, 0.4) is 0 Å². The van der Waals surface area contributed by atoms with Crippen molar-refractivity contribution in [3.05, 3.63) is 81.2 Å². The highest BCUT2D eigenvalue weighted by molar-refractivity contribution is 7.08. The maximum atomic E-state index is 13.6. The first kappa shape index (κ1) is 36.7. The molecule has 4 rings (SSSR count). The highest BCUT2D eigenvalue weighted by Crippen LogP contribution is 2.35. The Hall–Kier alpha value is -4.15. The predicted octanol–water partition coefficient (Wildman–Crippen LogP) is 9.95. The summed E-state index contributed by atoms with van der Waals surface area (Å²) < 4.78 is 11.8. The fourth-order valence-corrected chi connectivity index (χ4v) is 6.77. The van der Waals surface area contributed by atoms with E-state index in [1.807, 2.05) is 39.0 Å². The molecule has 0 aliphatic rings. The normalized spacial score (nSPS) is 11.3. The van der Waals surface area contributed by atoms with Crippen molar-refractivity contribution < 1.29 is 34.1 Å². The minimum atomic E-state index is -0.875. The minimum Gasteiger partial charge on any atom is -0.493 e. The van der Waals surface area contributed by atoms with Crippen molar-refractivity contribution in [1.29, 1.82) is 0 Å². The van der Waals surface area contributed by atoms with Crippen molar-refractivity contribution in [3.8, 4) is 28.0 Å². The molecule has 8 nitrogen and oxygen atoms in total. The van der Waals surface area contributed by atoms with Crippen molar-refractivity contribution in [3.63, 3.8) is 0 Å². The summed E-state index contributed by atoms with van der Waals surface area (Å²) in [5.41, 5.74) is 6.42. The number of aryl methyl sites for hydroxylation is 1. The number of benzene rings is 2. The van der Waals surface area contributed by atoms with Crippen molar-refractivity contribution in [1.82, 2.24) is 0 Å². The molecule has 10 heteroatoms. The van der Waals surface area contributed by atoms with Crippen LogP contribution < -0.4 is 9.64 Å². The number of carbonyl (C=O) groups excluding carboxylic acids is 1. The second kappa shape index (κ2) is 17.8. The Morgan fingerprint density at radius 2 is 1.40 bits per heavy atom. The zero-order valence-corrected chi connectivity index (χ0v) is 29.5. The molecule has 0 unspecified atom stereocenters. The van der Waals surface area contributed by atoms with E-state index in [0.717, 1.165) is 71.2 Å². The van der Waals surface area contributed by atoms with E-state index in [2.05, 4.69) is 51.9 Å². The molecule has 0 saturated carbocycles. The molecule has 48 heavy (non-hydrogen) atoms. The second-order valence-corrected chi connectivity index (χ2v) is 14.3. The summed E-state index contributed by atoms with van der Waals surface area (Å²) in [7, 11) is 0. The maximum Gasteiger partial charge on any atom is 0.414 e. The number of rotatable bonds is 18. The number of carboxylic acids is 2. The zero-order valence-electron chi connectivity index (χ0n) is 27.9. The van der Waals surface area contributed by atoms with E-state index in [4.69, 9.17) is 14.6 Å². The van der Waals surface area contributed by atoms with Gasteiger partial charge in [-0.05, 0) is 144 Å². The number of hydrogen-bond acceptors (Lipinski definition) is 7. The first-order valence-corrected chi connectivity index (χ1v) is 18.3. The van der Waals surface area contributed by atoms with Gasteiger partial charge in [0.25, 0.3) is 0 Å². The molecule has 1 amide bonds. The maximum absolute atomic E-state index is 13.6. The van der Waals surface area contributed by atoms with Crippen LogP contribution in [0.15, 0.2) is 70.1 Å². The fourth-order valence-electron chi connectivity index (χ4n) is 5.44. The van der Waals surface area contributed by atoms with Crippen LogP contribution in [-0.2, 0) is 27.2 Å². The molecule has 0 aliphatic heterocycles. The number of carboxylic acid groups (broad SMARTS) is 2. The van der Waals surface area contributed by atoms with Crippen LogP contribution in [-0.4, -0.2) is 47.0 Å². The number of nitrogens with zero attached hydrogens (tertiary/aromatic N) is 1. The molecule has 2 heterocycles. The Kier molecular flexibility index (Phi) is 13.6. The monoisotopic (exact) mass is 691 g/mol. The fraction of sp³-hybridized carbons (Fsp3) is 0.395. The van der Waals surface area contributed by atoms with Gasteiger partial charge >= 0.3 is 18.0 Å². The Morgan fingerprint density at radius 3 is 1.98 bits per heavy atom. The van der Waals surface area contributed by atoms with Crippen molar-refractivity contribution >= 4 is 46.4 Å². The van der Waals surface area contributed by atoms with Gasteiger partial charge in [0.2, 0.25) is 0 Å². The van der Waals surface area contributed by atoms with Crippen LogP contribution in [0.4, 0.5) is 10.5 Å². The van der Waals surface area contributed by atoms with Gasteiger partial charge < -0.3 is 19.7 Å². The van der Waals surface area contributed by atoms with E-state index in [0.29, 0.717) is 25.1 Å². The molecule has 0 aliphatic carbocycles. The van der Waals surface area contributed by atoms with E-state index >= 15 is 0 Å². The molecular weight excluding hydrogens is 647 g/mol. The number of hydrogen-bond donors (Lipinski definition) is 2. The van der Waals surface area contributed by atoms with Gasteiger partial charge in [0.05, 0.1) is 6.61 Å². The van der Waals surface area contributed by atoms with Gasteiger partial charge in [0.15, 0.2) is 0 Å². The second-order valence-electron chi connectivity index (χ2n) is 12.7. The molecule has 0 bridgehead atoms. The molecule has 0 atom stereocenters. The molecular formula is C38H45NO7S2. The van der Waals surface area contributed by atoms with Crippen LogP contribution in [0.1, 0.15) is 76.8 Å². The van der Waals surface area contributed by atoms with Gasteiger partial charge in [-0.2, -0.15) is 22.7 Å². The molecule has 256 valence electrons. The summed E-state index contributed by atoms with van der Waals surface area (Å²) in [6, 6.07) is 16.2. The summed E-state index contributed by atoms with van der Waals surface area (Å²) in [4.78, 5) is 37.6. The summed E-state index contributed by atoms with van der Waals surface area (Å²) in [5.74, 6) is -1.12. The van der Waals surface area contributed by atoms with Gasteiger partial charge in [0.1, 0.15) is 11.4 Å². The van der Waals surface area contributed by atoms with Crippen LogP contribution in [0.2, 0.25) is 0 Å². The van der Waals surface area contributed by atoms with E-state index in [9.17, 15) is 19.5 Å². The summed E-state index contributed by atoms with van der Waals surface area (Å²) >= 11 is 3.28. The number of amides is 1. The largest absolute Gasteiger partial charge is 0.493 e. The molecule has 2 aromatic carbocycles. The number of thiophene rings is 2. The van der Waals surface area contributed by atoms with E-state index in [1.54, 1.807) is 27.6 Å². The standard InChI is InChI=1S/C38H45NO7S2/c1-38(2,3)46-37(44)39(32-23-30(28-16-20-47-25-28)22-31(24-32)29-17-21-48-26-29)18-7-5-4-6-10-27-11-8-12-34(33(27)14-15-36(42)43)45-19-9-13-35(40)41/h8,11-12,16-17,20-26H,4-7,9-10,13-15,18-19H2,1-3H3,(H,40,41)(H,42,43). The third kappa shape index (κ3) is 11.5. The molecule has 2 N–H and O–H groups in total. The summed E-state index contributed by atoms with van der Waals surface area (Å²) in [6.07, 6.45) is 4.65. The molecule has 0 radical (unpaired) electrons. The van der Waals surface area contributed by atoms with Crippen LogP contribution >= 0.6 is 22.7 Å². The lowest BCUT2D eigenvalue weighted by Gasteiger charge is -2.28. The third-order valence-electron chi connectivity index (χ3n) is 7.74. The lowest BCUT2D eigenvalue weighted by Crippen LogP contribution is -2.37. The first-order chi connectivity index (χ1) is 23.0. The van der Waals surface area contributed by atoms with Gasteiger partial charge in [0, 0.05) is 25.1 Å². The SMILES string of the molecule is CC(C)(C)OC(=O)N(CCCCCCc1cccc(OCCCC(=O)O)c1CCC(=O)O)c1cc(-c2ccsc2)cc(-c2ccsc2)c1. The third-order valence-corrected chi connectivity index (χ3v) is 9.11. The van der Waals surface area contributed by atoms with Gasteiger partial charge in [-0.3, -0.25) is 14.5 Å². The quantitative estimate of drug-likeness (QED) is 0.0999. The Balaban J connectivity index is 1.43. The van der Waals surface area contributed by atoms with E-state index < -0.39 is 17.5 Å². The number of anilines is 1. The predicted molar refractivity (Wildman–Crippen MR) is 194 cm³/mol. The van der Waals surface area contributed by atoms with Crippen molar-refractivity contribution in [2.24, 2.45) is 0 Å². The highest BCUT2D eigenvalue weighted by Gasteiger charge is 2.24. The number of unbranched alkanes of at least 4 members (excludes halogenated alkanes) is 3. The number of carbonyl (C=O) groups is 3. The highest BCUT2D eigenvalue weighted by atomic mass is 32.1. The van der Waals surface area contributed by atoms with Crippen molar-refractivity contribution in [2.45, 2.75) is 84.2 Å². The molecule has 0 fully saturated rings. The number of aliphatic carboxylic acids is 2. The van der Waals surface area contributed by atoms with Crippen LogP contribution in [0.5, 0.6) is 5.75 Å². The average Bonchev–Trinajstić information content (AvgIpc) is 3.76. The van der Waals surface area contributed by atoms with E-state index in [1.165, 1.54) is 0 Å². The topological polar surface area (TPSA) is 113 Å². The van der Waals surface area contributed by atoms with Gasteiger partial charge in [-0.15, -0.1) is 0 Å². The molecule has 2 aromatic heterocycles. The minimum absolute atomic E-state index is 0.00919. The Morgan fingerprint density at radius 1 is 0.750 bits per heavy atom. The lowest BCUT2D eigenvalue weighted by molar-refractivity contribution is -0.138. The van der Waals surface area contributed by atoms with Gasteiger partial charge in [-0.25, -0.2) is 4.79 Å². The van der Waals surface area contributed by atoms with Crippen molar-refractivity contribution in [2.75, 3.05) is 18.1 Å². The molecule has 4 aromatic rings. The Bertz CT molecular complexity index is 1570. The zero-order chi connectivity index (χ0) is 34.5. The first-order valence-electron chi connectivity index (χ1n) is 16.4. The smallest absolute Gasteiger partial charge is 0.414 e. The van der Waals surface area contributed by atoms with Crippen LogP contribution in [0, 0.1) is 0 Å². The average molecular weight is 692 g/mol. The van der Waals surface area contributed by atoms with Crippen LogP contribution in [0.25, 0.3) is 22.3 Å². The summed E-state index contributed by atoms with van der Waals surface area (Å²) in [5, 5.41) is 26.6. The molecule has 0 saturated heterocycles. The summed E-state index contributed by atoms with van der Waals surface area (Å²) in [6.45, 7) is 6.40. The Labute approximate surface area is 291 Å². The number of ether oxygens (including phenoxy) is 2. The van der Waals surface area contributed by atoms with E-state index in [-0.39, 0.29) is 25.5 Å². The van der Waals surface area contributed by atoms with Gasteiger partial charge in [-0.1, -0.05) is 25.0 Å². The molecule has 0 spiro atoms.